The summed E-state index contributed by atoms with van der Waals surface area (Å²) in [5, 5.41) is 21.3. The Kier molecular flexibility index (Phi) is 12.4. The van der Waals surface area contributed by atoms with Gasteiger partial charge in [-0.2, -0.15) is 0 Å². The van der Waals surface area contributed by atoms with Crippen molar-refractivity contribution < 1.29 is 123 Å². The van der Waals surface area contributed by atoms with Gasteiger partial charge >= 0.3 is 0 Å². The maximum atomic E-state index is 12.9. The molecule has 9 heterocycles. The molecule has 12 aliphatic rings. The Morgan fingerprint density at radius 2 is 1.00 bits per heavy atom. The molecule has 10 atom stereocenters. The number of aliphatic hydroxyl groups is 2. The maximum absolute atomic E-state index is 12.9. The van der Waals surface area contributed by atoms with E-state index in [1.54, 1.807) is 20.3 Å². The number of benzene rings is 3. The summed E-state index contributed by atoms with van der Waals surface area (Å²) < 4.78 is 43.9. The SMILES string of the molecule is CO[C@H]1C=C2CCN3Cc4cc5c(cc4[C@H](C1=O)[C@@H]23)OCO5.CO[C@H]1C=C2CCN3Cc4cc5c(cc4[C@H]([C@@H]1O)[C@@H]23)OCO5.O=C1C=C2CCN3Cc4cc5c(cc4[C@H]([C@@H]1O)[C@@H]23)OCO5.[Y].[Y]. The number of carbonyl (C=O) groups is 2. The molecule has 3 aliphatic carbocycles. The third-order valence-electron chi connectivity index (χ3n) is 16.0. The van der Waals surface area contributed by atoms with Crippen molar-refractivity contribution in [2.75, 3.05) is 54.2 Å². The summed E-state index contributed by atoms with van der Waals surface area (Å²) in [6.07, 6.45) is 6.68. The van der Waals surface area contributed by atoms with Crippen LogP contribution in [0.4, 0.5) is 0 Å². The Morgan fingerprint density at radius 3 is 1.54 bits per heavy atom. The van der Waals surface area contributed by atoms with E-state index in [1.807, 2.05) is 30.3 Å². The van der Waals surface area contributed by atoms with Crippen LogP contribution >= 0.6 is 0 Å². The van der Waals surface area contributed by atoms with E-state index < -0.39 is 18.3 Å². The van der Waals surface area contributed by atoms with Crippen LogP contribution < -0.4 is 28.4 Å². The van der Waals surface area contributed by atoms with Crippen molar-refractivity contribution >= 4 is 11.6 Å². The molecule has 3 aromatic rings. The Bertz CT molecular complexity index is 2660. The maximum Gasteiger partial charge on any atom is 0.231 e. The number of carbonyl (C=O) groups excluding carboxylic acids is 2. The van der Waals surface area contributed by atoms with Gasteiger partial charge in [-0.3, -0.25) is 24.3 Å². The molecule has 0 bridgehead atoms. The van der Waals surface area contributed by atoms with Gasteiger partial charge in [0.15, 0.2) is 46.1 Å². The van der Waals surface area contributed by atoms with E-state index in [-0.39, 0.29) is 133 Å². The van der Waals surface area contributed by atoms with Crippen LogP contribution in [0.5, 0.6) is 34.5 Å². The largest absolute Gasteiger partial charge is 0.454 e. The Hall–Kier alpha value is -3.05. The smallest absolute Gasteiger partial charge is 0.231 e. The minimum absolute atomic E-state index is 0. The predicted octanol–water partition coefficient (Wildman–Crippen LogP) is 3.97. The second kappa shape index (κ2) is 18.0. The van der Waals surface area contributed by atoms with E-state index in [9.17, 15) is 19.8 Å². The molecule has 15 nitrogen and oxygen atoms in total. The fourth-order valence-electron chi connectivity index (χ4n) is 13.1. The predicted molar refractivity (Wildman–Crippen MR) is 230 cm³/mol. The molecule has 0 saturated carbocycles. The van der Waals surface area contributed by atoms with Crippen molar-refractivity contribution in [1.29, 1.82) is 0 Å². The van der Waals surface area contributed by atoms with Gasteiger partial charge in [-0.1, -0.05) is 17.2 Å². The first-order chi connectivity index (χ1) is 31.7. The number of fused-ring (bicyclic) bond motifs is 9. The van der Waals surface area contributed by atoms with Crippen LogP contribution in [0.1, 0.15) is 70.4 Å². The number of methoxy groups -OCH3 is 2. The number of Topliss-reactive ketones (excluding diaryl/α,β-unsaturated/α-hetero) is 1. The van der Waals surface area contributed by atoms with Gasteiger partial charge in [0.25, 0.3) is 0 Å². The average molecular weight is 1060 g/mol. The molecule has 0 unspecified atom stereocenters. The van der Waals surface area contributed by atoms with Crippen molar-refractivity contribution in [1.82, 2.24) is 14.7 Å². The monoisotopic (exact) mass is 1060 g/mol. The van der Waals surface area contributed by atoms with Crippen molar-refractivity contribution in [2.45, 2.75) is 99.2 Å². The molecule has 9 aliphatic heterocycles. The molecule has 67 heavy (non-hydrogen) atoms. The molecule has 17 heteroatoms. The summed E-state index contributed by atoms with van der Waals surface area (Å²) in [7, 11) is 3.28. The second-order valence-electron chi connectivity index (χ2n) is 19.0. The van der Waals surface area contributed by atoms with Crippen LogP contribution in [0.2, 0.25) is 0 Å². The molecule has 3 fully saturated rings. The summed E-state index contributed by atoms with van der Waals surface area (Å²) in [6, 6.07) is 12.8. The number of hydrogen-bond acceptors (Lipinski definition) is 15. The van der Waals surface area contributed by atoms with E-state index in [1.165, 1.54) is 33.4 Å². The number of aliphatic hydroxyl groups excluding tert-OH is 2. The van der Waals surface area contributed by atoms with Crippen molar-refractivity contribution in [3.05, 3.63) is 105 Å². The van der Waals surface area contributed by atoms with E-state index in [0.29, 0.717) is 6.04 Å². The molecule has 0 amide bonds. The van der Waals surface area contributed by atoms with Gasteiger partial charge in [-0.15, -0.1) is 0 Å². The van der Waals surface area contributed by atoms with Gasteiger partial charge in [0.2, 0.25) is 20.4 Å². The van der Waals surface area contributed by atoms with E-state index in [2.05, 4.69) is 32.9 Å². The number of ketones is 2. The van der Waals surface area contributed by atoms with Crippen LogP contribution in [0.3, 0.4) is 0 Å². The molecule has 3 saturated heterocycles. The van der Waals surface area contributed by atoms with Gasteiger partial charge in [0.1, 0.15) is 18.3 Å². The van der Waals surface area contributed by atoms with Gasteiger partial charge in [-0.05, 0) is 107 Å². The third-order valence-corrected chi connectivity index (χ3v) is 16.0. The number of ether oxygens (including phenoxy) is 8. The summed E-state index contributed by atoms with van der Waals surface area (Å²) >= 11 is 0. The van der Waals surface area contributed by atoms with Gasteiger partial charge in [0.05, 0.1) is 12.0 Å². The Morgan fingerprint density at radius 1 is 0.552 bits per heavy atom. The number of nitrogens with zero attached hydrogens (tertiary/aromatic N) is 3. The summed E-state index contributed by atoms with van der Waals surface area (Å²) in [5.74, 6) is 4.34. The zero-order valence-corrected chi connectivity index (χ0v) is 43.1. The molecule has 0 aromatic heterocycles. The minimum atomic E-state index is -0.959. The van der Waals surface area contributed by atoms with Crippen LogP contribution in [0.25, 0.3) is 0 Å². The summed E-state index contributed by atoms with van der Waals surface area (Å²) in [4.78, 5) is 32.2. The molecular weight excluding hydrogens is 1010 g/mol. The fraction of sp³-hybridized carbons (Fsp3) is 0.480. The number of rotatable bonds is 2. The first-order valence-electron chi connectivity index (χ1n) is 22.8. The second-order valence-corrected chi connectivity index (χ2v) is 19.0. The molecule has 344 valence electrons. The van der Waals surface area contributed by atoms with E-state index in [4.69, 9.17) is 37.9 Å². The van der Waals surface area contributed by atoms with Crippen molar-refractivity contribution in [2.24, 2.45) is 0 Å². The van der Waals surface area contributed by atoms with Crippen LogP contribution in [0.15, 0.2) is 71.3 Å². The molecule has 2 radical (unpaired) electrons. The van der Waals surface area contributed by atoms with Crippen molar-refractivity contribution in [3.8, 4) is 34.5 Å². The molecular formula is C50H51N3O12Y2. The topological polar surface area (TPSA) is 158 Å². The van der Waals surface area contributed by atoms with Crippen LogP contribution in [-0.4, -0.2) is 133 Å². The standard InChI is InChI=1S/C17H19NO4.C17H17NO4.C16H15NO4.2Y/c2*1-20-14-4-9-2-3-18-7-10-5-12-13(22-8-21-12)6-11(10)15(16(9)18)17(14)19;18-11-3-8-1-2-17-6-9-4-12-13(21-7-20-12)5-10(9)14(15(8)17)16(11)19;;/h4-6,14-17,19H,2-3,7-8H2,1H3;4-6,14-16H,2-3,7-8H2,1H3;3-5,14-16,19H,1-2,6-7H2;;/t14-,15-,16+,17+;14-,15-,16+;14-,15+,16+;;/m000../s1. The quantitative estimate of drug-likeness (QED) is 0.356. The molecule has 15 rings (SSSR count). The first kappa shape index (κ1) is 46.3. The zero-order valence-electron chi connectivity index (χ0n) is 37.4. The van der Waals surface area contributed by atoms with Crippen LogP contribution in [-0.2, 0) is 104 Å². The summed E-state index contributed by atoms with van der Waals surface area (Å²) in [5.41, 5.74) is 10.8. The molecule has 2 N–H and O–H groups in total. The van der Waals surface area contributed by atoms with Crippen molar-refractivity contribution in [3.63, 3.8) is 0 Å². The van der Waals surface area contributed by atoms with Gasteiger partial charge < -0.3 is 48.1 Å². The normalized spacial score (nSPS) is 32.2. The molecule has 0 spiro atoms. The van der Waals surface area contributed by atoms with Gasteiger partial charge in [0, 0.05) is 149 Å². The van der Waals surface area contributed by atoms with Gasteiger partial charge in [-0.25, -0.2) is 0 Å². The van der Waals surface area contributed by atoms with Crippen LogP contribution in [0, 0.1) is 0 Å². The zero-order chi connectivity index (χ0) is 43.8. The number of hydrogen-bond donors (Lipinski definition) is 2. The summed E-state index contributed by atoms with van der Waals surface area (Å²) in [6.45, 7) is 6.40. The third kappa shape index (κ3) is 7.38. The first-order valence-corrected chi connectivity index (χ1v) is 22.8. The Labute approximate surface area is 438 Å². The fourth-order valence-corrected chi connectivity index (χ4v) is 13.1. The average Bonchev–Trinajstić information content (AvgIpc) is 4.20. The molecule has 3 aromatic carbocycles. The minimum Gasteiger partial charge on any atom is -0.454 e. The Balaban J connectivity index is 0.000000109. The van der Waals surface area contributed by atoms with E-state index >= 15 is 0 Å². The van der Waals surface area contributed by atoms with E-state index in [0.717, 1.165) is 110 Å².